The maximum Gasteiger partial charge on any atom is 0.395 e. The van der Waals surface area contributed by atoms with E-state index in [-0.39, 0.29) is 23.3 Å². The molecule has 0 spiro atoms. The van der Waals surface area contributed by atoms with Gasteiger partial charge in [-0.3, -0.25) is 19.7 Å². The number of ketones is 1. The fraction of sp³-hybridized carbons (Fsp3) is 0.133. The van der Waals surface area contributed by atoms with Gasteiger partial charge in [0.05, 0.1) is 22.7 Å². The number of aromatic hydroxyl groups is 1. The highest BCUT2D eigenvalue weighted by atomic mass is 16.6. The fourth-order valence-corrected chi connectivity index (χ4v) is 2.36. The number of nitro groups is 1. The van der Waals surface area contributed by atoms with E-state index in [9.17, 15) is 24.8 Å². The monoisotopic (exact) mass is 329 g/mol. The van der Waals surface area contributed by atoms with Gasteiger partial charge in [-0.05, 0) is 18.2 Å². The summed E-state index contributed by atoms with van der Waals surface area (Å²) in [5.74, 6) is -1.73. The molecule has 0 amide bonds. The highest BCUT2D eigenvalue weighted by Crippen LogP contribution is 2.26. The summed E-state index contributed by atoms with van der Waals surface area (Å²) in [5, 5.41) is 20.1. The second-order valence-electron chi connectivity index (χ2n) is 5.05. The molecule has 0 fully saturated rings. The zero-order valence-electron chi connectivity index (χ0n) is 12.1. The number of hydrogen-bond acceptors (Lipinski definition) is 7. The van der Waals surface area contributed by atoms with Gasteiger partial charge in [0.25, 0.3) is 5.88 Å². The van der Waals surface area contributed by atoms with Crippen molar-refractivity contribution in [1.82, 2.24) is 9.97 Å². The van der Waals surface area contributed by atoms with Crippen molar-refractivity contribution in [3.05, 3.63) is 68.5 Å². The summed E-state index contributed by atoms with van der Waals surface area (Å²) in [6.07, 6.45) is 10.6. The summed E-state index contributed by atoms with van der Waals surface area (Å²) in [6.45, 7) is 0. The van der Waals surface area contributed by atoms with Crippen molar-refractivity contribution in [2.45, 2.75) is 6.10 Å². The third kappa shape index (κ3) is 2.74. The summed E-state index contributed by atoms with van der Waals surface area (Å²) >= 11 is 0. The molecule has 0 aromatic carbocycles. The Balaban J connectivity index is 1.86. The molecule has 2 heterocycles. The fourth-order valence-electron chi connectivity index (χ4n) is 2.36. The van der Waals surface area contributed by atoms with Crippen molar-refractivity contribution in [3.63, 3.8) is 0 Å². The highest BCUT2D eigenvalue weighted by Gasteiger charge is 2.31. The zero-order chi connectivity index (χ0) is 17.3. The average Bonchev–Trinajstić information content (AvgIpc) is 2.53. The van der Waals surface area contributed by atoms with E-state index < -0.39 is 28.0 Å². The third-order valence-electron chi connectivity index (χ3n) is 3.52. The molecule has 9 heteroatoms. The van der Waals surface area contributed by atoms with Crippen LogP contribution in [0.2, 0.25) is 0 Å². The predicted molar refractivity (Wildman–Crippen MR) is 81.9 cm³/mol. The predicted octanol–water partition coefficient (Wildman–Crippen LogP) is 0.991. The summed E-state index contributed by atoms with van der Waals surface area (Å²) in [4.78, 5) is 39.1. The summed E-state index contributed by atoms with van der Waals surface area (Å²) in [7, 11) is 0. The molecular weight excluding hydrogens is 318 g/mol. The van der Waals surface area contributed by atoms with Crippen LogP contribution < -0.4 is 5.56 Å². The highest BCUT2D eigenvalue weighted by molar-refractivity contribution is 6.02. The van der Waals surface area contributed by atoms with Gasteiger partial charge in [0, 0.05) is 0 Å². The number of carbonyl (C=O) groups is 1. The standard InChI is InChI=1S/C15H11N3O6/c19-13-8(7-24-10-4-2-1-3-9(10)13)5-6-11-16-14(20)12(18(22)23)15(21)17-11/h1-7,9-10H,(H2,16,17,20,21)/b6-5+/t9-,10+/m0/s1. The molecule has 24 heavy (non-hydrogen) atoms. The van der Waals surface area contributed by atoms with Crippen LogP contribution in [-0.2, 0) is 9.53 Å². The number of fused-ring (bicyclic) bond motifs is 1. The van der Waals surface area contributed by atoms with Gasteiger partial charge < -0.3 is 14.8 Å². The Morgan fingerprint density at radius 3 is 2.75 bits per heavy atom. The number of nitrogens with one attached hydrogen (secondary N) is 1. The van der Waals surface area contributed by atoms with Gasteiger partial charge in [-0.15, -0.1) is 0 Å². The maximum absolute atomic E-state index is 12.3. The first kappa shape index (κ1) is 15.4. The van der Waals surface area contributed by atoms with Crippen LogP contribution in [0.25, 0.3) is 6.08 Å². The van der Waals surface area contributed by atoms with Gasteiger partial charge in [-0.1, -0.05) is 18.2 Å². The Morgan fingerprint density at radius 1 is 1.29 bits per heavy atom. The molecular formula is C15H11N3O6. The van der Waals surface area contributed by atoms with Crippen LogP contribution in [0.15, 0.2) is 47.0 Å². The average molecular weight is 329 g/mol. The van der Waals surface area contributed by atoms with E-state index >= 15 is 0 Å². The second kappa shape index (κ2) is 5.95. The van der Waals surface area contributed by atoms with Crippen molar-refractivity contribution < 1.29 is 19.6 Å². The number of H-pyrrole nitrogens is 1. The van der Waals surface area contributed by atoms with Crippen LogP contribution in [0.1, 0.15) is 5.82 Å². The number of hydrogen-bond donors (Lipinski definition) is 2. The Kier molecular flexibility index (Phi) is 3.82. The van der Waals surface area contributed by atoms with E-state index in [2.05, 4.69) is 9.97 Å². The zero-order valence-corrected chi connectivity index (χ0v) is 12.1. The van der Waals surface area contributed by atoms with E-state index in [1.165, 1.54) is 18.4 Å². The van der Waals surface area contributed by atoms with Gasteiger partial charge in [0.1, 0.15) is 11.9 Å². The van der Waals surface area contributed by atoms with Crippen LogP contribution in [0.3, 0.4) is 0 Å². The number of rotatable bonds is 3. The number of carbonyl (C=O) groups excluding carboxylic acids is 1. The molecule has 0 bridgehead atoms. The molecule has 3 rings (SSSR count). The van der Waals surface area contributed by atoms with Crippen LogP contribution >= 0.6 is 0 Å². The van der Waals surface area contributed by atoms with Crippen molar-refractivity contribution in [3.8, 4) is 5.88 Å². The Labute approximate surface area is 134 Å². The minimum absolute atomic E-state index is 0.127. The number of allylic oxidation sites excluding steroid dienone is 4. The topological polar surface area (TPSA) is 135 Å². The first-order valence-corrected chi connectivity index (χ1v) is 6.88. The Bertz CT molecular complexity index is 893. The van der Waals surface area contributed by atoms with E-state index in [0.717, 1.165) is 0 Å². The third-order valence-corrected chi connectivity index (χ3v) is 3.52. The molecule has 2 aliphatic rings. The van der Waals surface area contributed by atoms with Crippen LogP contribution in [0.5, 0.6) is 5.88 Å². The van der Waals surface area contributed by atoms with Crippen molar-refractivity contribution in [2.75, 3.05) is 0 Å². The maximum atomic E-state index is 12.3. The molecule has 0 saturated heterocycles. The second-order valence-corrected chi connectivity index (χ2v) is 5.05. The molecule has 1 aromatic heterocycles. The molecule has 1 aliphatic carbocycles. The Hall–Kier alpha value is -3.49. The van der Waals surface area contributed by atoms with Crippen LogP contribution in [0.4, 0.5) is 5.69 Å². The number of aromatic amines is 1. The lowest BCUT2D eigenvalue weighted by atomic mass is 9.88. The molecule has 122 valence electrons. The summed E-state index contributed by atoms with van der Waals surface area (Å²) in [5.41, 5.74) is -1.88. The minimum atomic E-state index is -1.09. The van der Waals surface area contributed by atoms with E-state index in [1.54, 1.807) is 24.3 Å². The molecule has 2 N–H and O–H groups in total. The molecule has 0 unspecified atom stereocenters. The number of aromatic nitrogens is 2. The lowest BCUT2D eigenvalue weighted by molar-refractivity contribution is -0.387. The van der Waals surface area contributed by atoms with Crippen molar-refractivity contribution >= 4 is 17.5 Å². The van der Waals surface area contributed by atoms with Crippen LogP contribution in [-0.4, -0.2) is 31.9 Å². The first-order valence-electron chi connectivity index (χ1n) is 6.88. The SMILES string of the molecule is O=C1C(/C=C/c2nc(O)c([N+](=O)[O-])c(=O)[nH]2)=CO[C@@H]2C=CC=C[C@H]12. The lowest BCUT2D eigenvalue weighted by Gasteiger charge is -2.27. The normalized spacial score (nSPS) is 22.2. The smallest absolute Gasteiger partial charge is 0.395 e. The molecule has 1 aromatic rings. The summed E-state index contributed by atoms with van der Waals surface area (Å²) in [6, 6.07) is 0. The molecule has 0 saturated carbocycles. The number of nitrogens with zero attached hydrogens (tertiary/aromatic N) is 2. The molecule has 1 aliphatic heterocycles. The Morgan fingerprint density at radius 2 is 2.04 bits per heavy atom. The van der Waals surface area contributed by atoms with Crippen molar-refractivity contribution in [2.24, 2.45) is 5.92 Å². The molecule has 0 radical (unpaired) electrons. The van der Waals surface area contributed by atoms with Gasteiger partial charge in [-0.25, -0.2) is 0 Å². The molecule has 9 nitrogen and oxygen atoms in total. The van der Waals surface area contributed by atoms with Gasteiger partial charge >= 0.3 is 11.2 Å². The van der Waals surface area contributed by atoms with E-state index in [1.807, 2.05) is 0 Å². The van der Waals surface area contributed by atoms with Gasteiger partial charge in [0.2, 0.25) is 0 Å². The number of ether oxygens (including phenoxy) is 1. The minimum Gasteiger partial charge on any atom is -0.492 e. The van der Waals surface area contributed by atoms with E-state index in [0.29, 0.717) is 0 Å². The quantitative estimate of drug-likeness (QED) is 0.623. The van der Waals surface area contributed by atoms with Crippen molar-refractivity contribution in [1.29, 1.82) is 0 Å². The van der Waals surface area contributed by atoms with E-state index in [4.69, 9.17) is 4.74 Å². The molecule has 2 atom stereocenters. The first-order chi connectivity index (χ1) is 11.5. The van der Waals surface area contributed by atoms with Crippen LogP contribution in [0, 0.1) is 16.0 Å². The number of Topliss-reactive ketones (excluding diaryl/α,β-unsaturated/α-hetero) is 1. The largest absolute Gasteiger partial charge is 0.492 e. The summed E-state index contributed by atoms with van der Waals surface area (Å²) < 4.78 is 5.45. The lowest BCUT2D eigenvalue weighted by Crippen LogP contribution is -2.32. The van der Waals surface area contributed by atoms with Gasteiger partial charge in [0.15, 0.2) is 5.78 Å². The van der Waals surface area contributed by atoms with Gasteiger partial charge in [-0.2, -0.15) is 4.98 Å².